The predicted molar refractivity (Wildman–Crippen MR) is 84.0 cm³/mol. The molecule has 104 valence electrons. The van der Waals surface area contributed by atoms with E-state index in [1.165, 1.54) is 18.2 Å². The molecular formula is C17H24O2. The van der Waals surface area contributed by atoms with Crippen LogP contribution in [0, 0.1) is 6.92 Å². The molecule has 0 amide bonds. The lowest BCUT2D eigenvalue weighted by Crippen LogP contribution is -1.98. The molecule has 0 unspecified atom stereocenters. The van der Waals surface area contributed by atoms with Crippen molar-refractivity contribution in [2.75, 3.05) is 7.11 Å². The van der Waals surface area contributed by atoms with Crippen molar-refractivity contribution >= 4 is 12.0 Å². The highest BCUT2D eigenvalue weighted by molar-refractivity contribution is 5.86. The van der Waals surface area contributed by atoms with Crippen LogP contribution in [0.1, 0.15) is 25.0 Å². The SMILES string of the molecule is C=C(C)C(=O)OC.C=CC.C=Cc1ccc(C)cc1. The molecule has 1 aromatic carbocycles. The molecule has 19 heavy (non-hydrogen) atoms. The molecule has 0 N–H and O–H groups in total. The van der Waals surface area contributed by atoms with Gasteiger partial charge in [0.2, 0.25) is 0 Å². The normalized spacial score (nSPS) is 7.79. The number of aryl methyl sites for hydroxylation is 1. The third kappa shape index (κ3) is 12.2. The van der Waals surface area contributed by atoms with Crippen LogP contribution in [-0.4, -0.2) is 13.1 Å². The lowest BCUT2D eigenvalue weighted by molar-refractivity contribution is -0.136. The number of rotatable bonds is 2. The summed E-state index contributed by atoms with van der Waals surface area (Å²) in [5.41, 5.74) is 2.91. The molecular weight excluding hydrogens is 236 g/mol. The van der Waals surface area contributed by atoms with Crippen molar-refractivity contribution in [3.63, 3.8) is 0 Å². The van der Waals surface area contributed by atoms with E-state index in [0.717, 1.165) is 0 Å². The number of allylic oxidation sites excluding steroid dienone is 1. The fraction of sp³-hybridized carbons (Fsp3) is 0.235. The summed E-state index contributed by atoms with van der Waals surface area (Å²) in [5, 5.41) is 0. The first-order chi connectivity index (χ1) is 8.92. The van der Waals surface area contributed by atoms with Gasteiger partial charge in [-0.05, 0) is 26.3 Å². The summed E-state index contributed by atoms with van der Waals surface area (Å²) in [4.78, 5) is 10.2. The van der Waals surface area contributed by atoms with Crippen molar-refractivity contribution in [2.45, 2.75) is 20.8 Å². The van der Waals surface area contributed by atoms with Gasteiger partial charge >= 0.3 is 5.97 Å². The molecule has 0 saturated carbocycles. The number of benzene rings is 1. The second-order valence-electron chi connectivity index (χ2n) is 3.79. The second-order valence-corrected chi connectivity index (χ2v) is 3.79. The van der Waals surface area contributed by atoms with Gasteiger partial charge in [0.25, 0.3) is 0 Å². The fourth-order valence-electron chi connectivity index (χ4n) is 0.877. The van der Waals surface area contributed by atoms with Crippen molar-refractivity contribution in [1.82, 2.24) is 0 Å². The molecule has 0 radical (unpaired) electrons. The summed E-state index contributed by atoms with van der Waals surface area (Å²) in [7, 11) is 1.33. The van der Waals surface area contributed by atoms with Crippen molar-refractivity contribution in [2.24, 2.45) is 0 Å². The highest BCUT2D eigenvalue weighted by Crippen LogP contribution is 2.02. The molecule has 2 heteroatoms. The van der Waals surface area contributed by atoms with Crippen molar-refractivity contribution in [1.29, 1.82) is 0 Å². The van der Waals surface area contributed by atoms with Gasteiger partial charge in [0.1, 0.15) is 0 Å². The first-order valence-corrected chi connectivity index (χ1v) is 5.92. The molecule has 0 heterocycles. The number of ether oxygens (including phenoxy) is 1. The van der Waals surface area contributed by atoms with Gasteiger partial charge in [-0.15, -0.1) is 6.58 Å². The minimum atomic E-state index is -0.347. The van der Waals surface area contributed by atoms with Crippen LogP contribution in [0.4, 0.5) is 0 Å². The van der Waals surface area contributed by atoms with Gasteiger partial charge < -0.3 is 4.74 Å². The van der Waals surface area contributed by atoms with E-state index in [0.29, 0.717) is 5.57 Å². The summed E-state index contributed by atoms with van der Waals surface area (Å²) < 4.78 is 4.27. The van der Waals surface area contributed by atoms with Crippen LogP contribution in [0.3, 0.4) is 0 Å². The van der Waals surface area contributed by atoms with Crippen LogP contribution in [0.25, 0.3) is 6.08 Å². The molecule has 2 nitrogen and oxygen atoms in total. The van der Waals surface area contributed by atoms with Gasteiger partial charge in [-0.25, -0.2) is 4.79 Å². The maximum Gasteiger partial charge on any atom is 0.332 e. The second kappa shape index (κ2) is 12.4. The van der Waals surface area contributed by atoms with Gasteiger partial charge in [-0.3, -0.25) is 0 Å². The minimum Gasteiger partial charge on any atom is -0.466 e. The lowest BCUT2D eigenvalue weighted by Gasteiger charge is -1.91. The van der Waals surface area contributed by atoms with Crippen LogP contribution < -0.4 is 0 Å². The molecule has 0 bridgehead atoms. The van der Waals surface area contributed by atoms with E-state index in [9.17, 15) is 4.79 Å². The number of hydrogen-bond donors (Lipinski definition) is 0. The molecule has 0 fully saturated rings. The smallest absolute Gasteiger partial charge is 0.332 e. The molecule has 1 rings (SSSR count). The van der Waals surface area contributed by atoms with E-state index in [-0.39, 0.29) is 5.97 Å². The summed E-state index contributed by atoms with van der Waals surface area (Å²) in [6.07, 6.45) is 3.60. The van der Waals surface area contributed by atoms with E-state index >= 15 is 0 Å². The van der Waals surface area contributed by atoms with Gasteiger partial charge in [0, 0.05) is 5.57 Å². The maximum absolute atomic E-state index is 10.2. The zero-order chi connectivity index (χ0) is 15.3. The van der Waals surface area contributed by atoms with E-state index in [1.807, 2.05) is 13.0 Å². The Kier molecular flexibility index (Phi) is 12.5. The topological polar surface area (TPSA) is 26.3 Å². The van der Waals surface area contributed by atoms with Gasteiger partial charge in [0.05, 0.1) is 7.11 Å². The molecule has 0 aliphatic carbocycles. The molecule has 0 aromatic heterocycles. The monoisotopic (exact) mass is 260 g/mol. The third-order valence-electron chi connectivity index (χ3n) is 1.85. The zero-order valence-corrected chi connectivity index (χ0v) is 12.4. The van der Waals surface area contributed by atoms with Crippen molar-refractivity contribution in [3.05, 3.63) is 66.8 Å². The highest BCUT2D eigenvalue weighted by Gasteiger charge is 1.95. The standard InChI is InChI=1S/C9H10.C5H8O2.C3H6/c1-3-9-6-4-8(2)5-7-9;1-4(2)5(6)7-3;1-3-2/h3-7H,1H2,2H3;1H2,2-3H3;3H,1H2,2H3. The quantitative estimate of drug-likeness (QED) is 0.442. The Hall–Kier alpha value is -2.09. The van der Waals surface area contributed by atoms with Crippen LogP contribution in [0.2, 0.25) is 0 Å². The van der Waals surface area contributed by atoms with E-state index < -0.39 is 0 Å². The van der Waals surface area contributed by atoms with E-state index in [4.69, 9.17) is 0 Å². The molecule has 0 atom stereocenters. The molecule has 0 spiro atoms. The Balaban J connectivity index is 0. The Morgan fingerprint density at radius 3 is 1.84 bits per heavy atom. The zero-order valence-electron chi connectivity index (χ0n) is 12.4. The number of carbonyl (C=O) groups excluding carboxylic acids is 1. The van der Waals surface area contributed by atoms with Gasteiger partial charge in [-0.2, -0.15) is 0 Å². The van der Waals surface area contributed by atoms with E-state index in [1.54, 1.807) is 13.0 Å². The highest BCUT2D eigenvalue weighted by atomic mass is 16.5. The largest absolute Gasteiger partial charge is 0.466 e. The number of carbonyl (C=O) groups is 1. The van der Waals surface area contributed by atoms with Crippen LogP contribution in [0.15, 0.2) is 55.7 Å². The Bertz CT molecular complexity index is 400. The summed E-state index contributed by atoms with van der Waals surface area (Å²) >= 11 is 0. The molecule has 0 aliphatic rings. The summed E-state index contributed by atoms with van der Waals surface area (Å²) in [6, 6.07) is 8.28. The molecule has 1 aromatic rings. The fourth-order valence-corrected chi connectivity index (χ4v) is 0.877. The van der Waals surface area contributed by atoms with Crippen LogP contribution in [0.5, 0.6) is 0 Å². The maximum atomic E-state index is 10.2. The Morgan fingerprint density at radius 1 is 1.21 bits per heavy atom. The van der Waals surface area contributed by atoms with Crippen LogP contribution >= 0.6 is 0 Å². The first kappa shape index (κ1) is 19.3. The molecule has 0 saturated heterocycles. The summed E-state index contributed by atoms with van der Waals surface area (Å²) in [6.45, 7) is 15.9. The van der Waals surface area contributed by atoms with Crippen LogP contribution in [-0.2, 0) is 9.53 Å². The van der Waals surface area contributed by atoms with Gasteiger partial charge in [-0.1, -0.05) is 55.1 Å². The Labute approximate surface area is 117 Å². The number of esters is 1. The minimum absolute atomic E-state index is 0.347. The number of methoxy groups -OCH3 is 1. The average molecular weight is 260 g/mol. The molecule has 0 aliphatic heterocycles. The predicted octanol–water partition coefficient (Wildman–Crippen LogP) is 4.57. The van der Waals surface area contributed by atoms with Gasteiger partial charge in [0.15, 0.2) is 0 Å². The lowest BCUT2D eigenvalue weighted by atomic mass is 10.2. The summed E-state index contributed by atoms with van der Waals surface area (Å²) in [5.74, 6) is -0.347. The average Bonchev–Trinajstić information content (AvgIpc) is 2.40. The van der Waals surface area contributed by atoms with Crippen molar-refractivity contribution < 1.29 is 9.53 Å². The first-order valence-electron chi connectivity index (χ1n) is 5.92. The number of hydrogen-bond acceptors (Lipinski definition) is 2. The van der Waals surface area contributed by atoms with Crippen molar-refractivity contribution in [3.8, 4) is 0 Å². The van der Waals surface area contributed by atoms with E-state index in [2.05, 4.69) is 55.7 Å². The Morgan fingerprint density at radius 2 is 1.63 bits per heavy atom. The third-order valence-corrected chi connectivity index (χ3v) is 1.85.